The number of rotatable bonds is 4. The highest BCUT2D eigenvalue weighted by Gasteiger charge is 2.31. The van der Waals surface area contributed by atoms with E-state index in [1.165, 1.54) is 11.6 Å². The molecule has 1 atom stereocenters. The van der Waals surface area contributed by atoms with Crippen LogP contribution in [-0.2, 0) is 12.7 Å². The molecule has 3 heterocycles. The summed E-state index contributed by atoms with van der Waals surface area (Å²) in [6.45, 7) is 2.48. The lowest BCUT2D eigenvalue weighted by Crippen LogP contribution is -2.19. The SMILES string of the molecule is FC(F)(F)c1cccc(-c2noc([C@@H]3CCN(Cc4ccncc4)C3)n2)c1. The number of pyridine rings is 1. The molecule has 1 saturated heterocycles. The van der Waals surface area contributed by atoms with Crippen molar-refractivity contribution in [2.45, 2.75) is 25.1 Å². The number of likely N-dealkylation sites (tertiary alicyclic amines) is 1. The first-order valence-corrected chi connectivity index (χ1v) is 8.61. The van der Waals surface area contributed by atoms with Gasteiger partial charge in [-0.15, -0.1) is 0 Å². The van der Waals surface area contributed by atoms with Gasteiger partial charge in [0, 0.05) is 31.0 Å². The minimum Gasteiger partial charge on any atom is -0.339 e. The van der Waals surface area contributed by atoms with E-state index in [1.54, 1.807) is 18.5 Å². The Bertz CT molecular complexity index is 911. The van der Waals surface area contributed by atoms with Gasteiger partial charge in [0.1, 0.15) is 0 Å². The Balaban J connectivity index is 1.46. The highest BCUT2D eigenvalue weighted by molar-refractivity contribution is 5.55. The van der Waals surface area contributed by atoms with Crippen molar-refractivity contribution < 1.29 is 17.7 Å². The summed E-state index contributed by atoms with van der Waals surface area (Å²) in [5.74, 6) is 0.738. The van der Waals surface area contributed by atoms with Crippen LogP contribution in [0.15, 0.2) is 53.3 Å². The number of alkyl halides is 3. The lowest BCUT2D eigenvalue weighted by Gasteiger charge is -2.14. The second kappa shape index (κ2) is 7.11. The van der Waals surface area contributed by atoms with Crippen molar-refractivity contribution in [2.75, 3.05) is 13.1 Å². The first-order chi connectivity index (χ1) is 13.0. The predicted molar refractivity (Wildman–Crippen MR) is 91.6 cm³/mol. The molecule has 27 heavy (non-hydrogen) atoms. The van der Waals surface area contributed by atoms with Crippen molar-refractivity contribution in [1.29, 1.82) is 0 Å². The molecule has 0 unspecified atom stereocenters. The standard InChI is InChI=1S/C19H17F3N4O/c20-19(21,22)16-3-1-2-14(10-16)17-24-18(27-25-17)15-6-9-26(12-15)11-13-4-7-23-8-5-13/h1-5,7-8,10,15H,6,9,11-12H2/t15-/m1/s1. The minimum absolute atomic E-state index is 0.0823. The molecule has 3 aromatic rings. The summed E-state index contributed by atoms with van der Waals surface area (Å²) in [6, 6.07) is 8.92. The van der Waals surface area contributed by atoms with Crippen molar-refractivity contribution in [3.8, 4) is 11.4 Å². The third-order valence-electron chi connectivity index (χ3n) is 4.67. The number of hydrogen-bond acceptors (Lipinski definition) is 5. The summed E-state index contributed by atoms with van der Waals surface area (Å²) in [4.78, 5) is 10.6. The van der Waals surface area contributed by atoms with Gasteiger partial charge in [0.15, 0.2) is 0 Å². The molecule has 1 aromatic carbocycles. The number of benzene rings is 1. The number of hydrogen-bond donors (Lipinski definition) is 0. The molecule has 0 bridgehead atoms. The number of nitrogens with zero attached hydrogens (tertiary/aromatic N) is 4. The molecule has 1 aliphatic rings. The zero-order valence-electron chi connectivity index (χ0n) is 14.4. The van der Waals surface area contributed by atoms with Crippen LogP contribution in [0.2, 0.25) is 0 Å². The van der Waals surface area contributed by atoms with E-state index >= 15 is 0 Å². The Morgan fingerprint density at radius 2 is 1.96 bits per heavy atom. The maximum absolute atomic E-state index is 12.9. The Morgan fingerprint density at radius 1 is 1.15 bits per heavy atom. The van der Waals surface area contributed by atoms with Gasteiger partial charge in [-0.2, -0.15) is 18.2 Å². The van der Waals surface area contributed by atoms with Crippen LogP contribution in [0.25, 0.3) is 11.4 Å². The molecule has 4 rings (SSSR count). The van der Waals surface area contributed by atoms with Gasteiger partial charge in [0.2, 0.25) is 11.7 Å². The van der Waals surface area contributed by atoms with Crippen LogP contribution in [0, 0.1) is 0 Å². The molecule has 0 amide bonds. The Labute approximate surface area is 153 Å². The van der Waals surface area contributed by atoms with Gasteiger partial charge in [-0.1, -0.05) is 17.3 Å². The summed E-state index contributed by atoms with van der Waals surface area (Å²) in [5.41, 5.74) is 0.753. The number of aromatic nitrogens is 3. The quantitative estimate of drug-likeness (QED) is 0.687. The highest BCUT2D eigenvalue weighted by atomic mass is 19.4. The molecule has 1 fully saturated rings. The minimum atomic E-state index is -4.40. The van der Waals surface area contributed by atoms with Crippen LogP contribution in [0.3, 0.4) is 0 Å². The molecular weight excluding hydrogens is 357 g/mol. The normalized spacial score (nSPS) is 18.1. The van der Waals surface area contributed by atoms with E-state index in [0.717, 1.165) is 38.2 Å². The van der Waals surface area contributed by atoms with E-state index in [2.05, 4.69) is 20.0 Å². The second-order valence-electron chi connectivity index (χ2n) is 6.61. The van der Waals surface area contributed by atoms with Crippen LogP contribution < -0.4 is 0 Å². The van der Waals surface area contributed by atoms with Crippen molar-refractivity contribution in [3.05, 3.63) is 65.8 Å². The highest BCUT2D eigenvalue weighted by Crippen LogP contribution is 2.32. The van der Waals surface area contributed by atoms with Gasteiger partial charge < -0.3 is 4.52 Å². The molecule has 8 heteroatoms. The van der Waals surface area contributed by atoms with Crippen molar-refractivity contribution >= 4 is 0 Å². The molecule has 0 spiro atoms. The van der Waals surface area contributed by atoms with Crippen molar-refractivity contribution in [2.24, 2.45) is 0 Å². The zero-order valence-corrected chi connectivity index (χ0v) is 14.4. The molecule has 0 N–H and O–H groups in total. The molecule has 0 aliphatic carbocycles. The number of halogens is 3. The molecule has 2 aromatic heterocycles. The maximum Gasteiger partial charge on any atom is 0.416 e. The molecule has 1 aliphatic heterocycles. The third kappa shape index (κ3) is 4.00. The predicted octanol–water partition coefficient (Wildman–Crippen LogP) is 4.14. The van der Waals surface area contributed by atoms with E-state index < -0.39 is 11.7 Å². The monoisotopic (exact) mass is 374 g/mol. The first kappa shape index (κ1) is 17.7. The molecular formula is C19H17F3N4O. The fourth-order valence-corrected chi connectivity index (χ4v) is 3.28. The van der Waals surface area contributed by atoms with Crippen molar-refractivity contribution in [1.82, 2.24) is 20.0 Å². The van der Waals surface area contributed by atoms with Crippen LogP contribution in [0.5, 0.6) is 0 Å². The second-order valence-corrected chi connectivity index (χ2v) is 6.61. The van der Waals surface area contributed by atoms with Crippen LogP contribution >= 0.6 is 0 Å². The van der Waals surface area contributed by atoms with E-state index in [0.29, 0.717) is 11.5 Å². The average molecular weight is 374 g/mol. The smallest absolute Gasteiger partial charge is 0.339 e. The Hall–Kier alpha value is -2.74. The maximum atomic E-state index is 12.9. The van der Waals surface area contributed by atoms with Crippen LogP contribution in [0.4, 0.5) is 13.2 Å². The van der Waals surface area contributed by atoms with Crippen LogP contribution in [-0.4, -0.2) is 33.1 Å². The third-order valence-corrected chi connectivity index (χ3v) is 4.67. The summed E-state index contributed by atoms with van der Waals surface area (Å²) in [6.07, 6.45) is 0.00125. The largest absolute Gasteiger partial charge is 0.416 e. The summed E-state index contributed by atoms with van der Waals surface area (Å²) >= 11 is 0. The van der Waals surface area contributed by atoms with Gasteiger partial charge in [-0.05, 0) is 42.8 Å². The van der Waals surface area contributed by atoms with E-state index in [-0.39, 0.29) is 11.7 Å². The van der Waals surface area contributed by atoms with Gasteiger partial charge >= 0.3 is 6.18 Å². The van der Waals surface area contributed by atoms with E-state index in [1.807, 2.05) is 12.1 Å². The molecule has 0 saturated carbocycles. The summed E-state index contributed by atoms with van der Waals surface area (Å²) in [5, 5.41) is 3.88. The van der Waals surface area contributed by atoms with Gasteiger partial charge in [-0.3, -0.25) is 9.88 Å². The fraction of sp³-hybridized carbons (Fsp3) is 0.316. The fourth-order valence-electron chi connectivity index (χ4n) is 3.28. The Kier molecular flexibility index (Phi) is 4.65. The summed E-state index contributed by atoms with van der Waals surface area (Å²) in [7, 11) is 0. The molecule has 0 radical (unpaired) electrons. The van der Waals surface area contributed by atoms with Crippen molar-refractivity contribution in [3.63, 3.8) is 0 Å². The Morgan fingerprint density at radius 3 is 2.74 bits per heavy atom. The molecule has 5 nitrogen and oxygen atoms in total. The van der Waals surface area contributed by atoms with Gasteiger partial charge in [0.25, 0.3) is 0 Å². The lowest BCUT2D eigenvalue weighted by molar-refractivity contribution is -0.137. The lowest BCUT2D eigenvalue weighted by atomic mass is 10.1. The summed E-state index contributed by atoms with van der Waals surface area (Å²) < 4.78 is 44.0. The molecule has 140 valence electrons. The van der Waals surface area contributed by atoms with Crippen LogP contribution in [0.1, 0.15) is 29.4 Å². The van der Waals surface area contributed by atoms with E-state index in [9.17, 15) is 13.2 Å². The van der Waals surface area contributed by atoms with E-state index in [4.69, 9.17) is 4.52 Å². The van der Waals surface area contributed by atoms with Gasteiger partial charge in [0.05, 0.1) is 11.5 Å². The average Bonchev–Trinajstić information content (AvgIpc) is 3.31. The van der Waals surface area contributed by atoms with Gasteiger partial charge in [-0.25, -0.2) is 0 Å². The zero-order chi connectivity index (χ0) is 18.9. The first-order valence-electron chi connectivity index (χ1n) is 8.61. The topological polar surface area (TPSA) is 55.1 Å².